The van der Waals surface area contributed by atoms with E-state index in [1.54, 1.807) is 0 Å². The summed E-state index contributed by atoms with van der Waals surface area (Å²) >= 11 is 0. The number of ether oxygens (including phenoxy) is 2. The van der Waals surface area contributed by atoms with Gasteiger partial charge in [-0.15, -0.1) is 0 Å². The smallest absolute Gasteiger partial charge is 0.304 e. The van der Waals surface area contributed by atoms with Gasteiger partial charge in [0.05, 0.1) is 7.18 Å². The van der Waals surface area contributed by atoms with Crippen LogP contribution in [0.1, 0.15) is 13.8 Å². The molecule has 0 radical (unpaired) electrons. The highest BCUT2D eigenvalue weighted by Crippen LogP contribution is 2.47. The van der Waals surface area contributed by atoms with Gasteiger partial charge in [0.15, 0.2) is 0 Å². The van der Waals surface area contributed by atoms with Crippen molar-refractivity contribution in [2.75, 3.05) is 13.9 Å². The van der Waals surface area contributed by atoms with Crippen molar-refractivity contribution in [2.24, 2.45) is 0 Å². The summed E-state index contributed by atoms with van der Waals surface area (Å²) in [7, 11) is 0.500. The van der Waals surface area contributed by atoms with Crippen LogP contribution < -0.4 is 0 Å². The monoisotopic (exact) mass is 222 g/mol. The van der Waals surface area contributed by atoms with Gasteiger partial charge in [-0.3, -0.25) is 9.13 Å². The summed E-state index contributed by atoms with van der Waals surface area (Å²) in [4.78, 5) is 0. The number of hydrogen-bond donors (Lipinski definition) is 0. The standard InChI is InChI=1S/C6H8F4O2.CH3F/c1-4(3-7)11-5(2,8)6(9,10)12-4;1-2/h3H2,1-2H3;1H3. The lowest BCUT2D eigenvalue weighted by Crippen LogP contribution is -2.37. The van der Waals surface area contributed by atoms with Crippen molar-refractivity contribution in [1.82, 2.24) is 0 Å². The maximum Gasteiger partial charge on any atom is 0.416 e. The Labute approximate surface area is 78.0 Å². The van der Waals surface area contributed by atoms with Gasteiger partial charge in [-0.05, 0) is 6.92 Å². The second kappa shape index (κ2) is 3.98. The molecular weight excluding hydrogens is 211 g/mol. The molecule has 1 saturated heterocycles. The molecule has 0 N–H and O–H groups in total. The fourth-order valence-electron chi connectivity index (χ4n) is 0.903. The van der Waals surface area contributed by atoms with E-state index in [4.69, 9.17) is 0 Å². The van der Waals surface area contributed by atoms with Gasteiger partial charge in [0.2, 0.25) is 5.79 Å². The average molecular weight is 222 g/mol. The van der Waals surface area contributed by atoms with E-state index in [0.29, 0.717) is 14.1 Å². The molecule has 2 unspecified atom stereocenters. The molecule has 0 aromatic heterocycles. The first-order valence-electron chi connectivity index (χ1n) is 3.63. The maximum atomic E-state index is 12.8. The molecule has 1 heterocycles. The molecule has 1 fully saturated rings. The predicted octanol–water partition coefficient (Wildman–Crippen LogP) is 2.58. The largest absolute Gasteiger partial charge is 0.416 e. The maximum absolute atomic E-state index is 12.8. The Morgan fingerprint density at radius 2 is 1.43 bits per heavy atom. The second-order valence-corrected chi connectivity index (χ2v) is 2.91. The van der Waals surface area contributed by atoms with Crippen LogP contribution in [0.5, 0.6) is 0 Å². The van der Waals surface area contributed by atoms with E-state index >= 15 is 0 Å². The topological polar surface area (TPSA) is 18.5 Å². The quantitative estimate of drug-likeness (QED) is 0.635. The zero-order chi connectivity index (χ0) is 11.6. The van der Waals surface area contributed by atoms with Crippen LogP contribution in [0.2, 0.25) is 0 Å². The van der Waals surface area contributed by atoms with Crippen molar-refractivity contribution in [3.8, 4) is 0 Å². The molecule has 7 heteroatoms. The van der Waals surface area contributed by atoms with Crippen LogP contribution in [0.15, 0.2) is 0 Å². The number of hydrogen-bond acceptors (Lipinski definition) is 2. The van der Waals surface area contributed by atoms with Crippen molar-refractivity contribution in [2.45, 2.75) is 31.6 Å². The Kier molecular flexibility index (Phi) is 3.85. The van der Waals surface area contributed by atoms with E-state index in [1.807, 2.05) is 0 Å². The molecule has 2 atom stereocenters. The summed E-state index contributed by atoms with van der Waals surface area (Å²) in [5.41, 5.74) is 0. The van der Waals surface area contributed by atoms with Crippen molar-refractivity contribution < 1.29 is 31.4 Å². The summed E-state index contributed by atoms with van der Waals surface area (Å²) < 4.78 is 67.2. The fourth-order valence-corrected chi connectivity index (χ4v) is 0.903. The minimum absolute atomic E-state index is 0.494. The number of halogens is 5. The first-order valence-corrected chi connectivity index (χ1v) is 3.63. The highest BCUT2D eigenvalue weighted by molar-refractivity contribution is 4.85. The van der Waals surface area contributed by atoms with E-state index in [0.717, 1.165) is 6.92 Å². The average Bonchev–Trinajstić information content (AvgIpc) is 2.21. The molecule has 0 saturated carbocycles. The second-order valence-electron chi connectivity index (χ2n) is 2.91. The van der Waals surface area contributed by atoms with E-state index in [9.17, 15) is 22.0 Å². The van der Waals surface area contributed by atoms with Crippen LogP contribution in [0, 0.1) is 0 Å². The Hall–Kier alpha value is -0.430. The Morgan fingerprint density at radius 3 is 1.57 bits per heavy atom. The highest BCUT2D eigenvalue weighted by Gasteiger charge is 2.66. The first kappa shape index (κ1) is 13.6. The summed E-state index contributed by atoms with van der Waals surface area (Å²) in [6, 6.07) is 0. The van der Waals surface area contributed by atoms with Gasteiger partial charge in [0.25, 0.3) is 0 Å². The van der Waals surface area contributed by atoms with Gasteiger partial charge >= 0.3 is 12.0 Å². The first-order chi connectivity index (χ1) is 6.22. The van der Waals surface area contributed by atoms with E-state index < -0.39 is 24.4 Å². The van der Waals surface area contributed by atoms with Crippen LogP contribution in [-0.4, -0.2) is 31.6 Å². The Bertz CT molecular complexity index is 179. The van der Waals surface area contributed by atoms with Crippen LogP contribution in [-0.2, 0) is 9.47 Å². The molecule has 1 aliphatic rings. The molecule has 1 rings (SSSR count). The third kappa shape index (κ3) is 2.33. The number of alkyl halides is 5. The zero-order valence-electron chi connectivity index (χ0n) is 7.91. The molecular formula is C7H11F5O2. The molecule has 0 amide bonds. The van der Waals surface area contributed by atoms with Crippen molar-refractivity contribution in [1.29, 1.82) is 0 Å². The molecule has 2 nitrogen and oxygen atoms in total. The molecule has 1 aliphatic heterocycles. The molecule has 0 aromatic rings. The highest BCUT2D eigenvalue weighted by atomic mass is 19.3. The predicted molar refractivity (Wildman–Crippen MR) is 38.0 cm³/mol. The Balaban J connectivity index is 0.000000791. The van der Waals surface area contributed by atoms with E-state index in [-0.39, 0.29) is 0 Å². The van der Waals surface area contributed by atoms with Crippen molar-refractivity contribution in [3.05, 3.63) is 0 Å². The molecule has 0 bridgehead atoms. The normalized spacial score (nSPS) is 40.3. The SMILES string of the molecule is CC1(CF)OC(C)(F)C(F)(F)O1.CF. The van der Waals surface area contributed by atoms with E-state index in [2.05, 4.69) is 9.47 Å². The summed E-state index contributed by atoms with van der Waals surface area (Å²) in [6.45, 7) is 0.0712. The summed E-state index contributed by atoms with van der Waals surface area (Å²) in [5, 5.41) is 0. The number of rotatable bonds is 1. The molecule has 0 aliphatic carbocycles. The van der Waals surface area contributed by atoms with Crippen LogP contribution in [0.3, 0.4) is 0 Å². The molecule has 86 valence electrons. The minimum atomic E-state index is -4.10. The minimum Gasteiger partial charge on any atom is -0.304 e. The summed E-state index contributed by atoms with van der Waals surface area (Å²) in [5.74, 6) is -5.46. The molecule has 14 heavy (non-hydrogen) atoms. The lowest BCUT2D eigenvalue weighted by Gasteiger charge is -2.17. The molecule has 0 spiro atoms. The van der Waals surface area contributed by atoms with Gasteiger partial charge in [-0.25, -0.2) is 8.78 Å². The van der Waals surface area contributed by atoms with Crippen molar-refractivity contribution >= 4 is 0 Å². The van der Waals surface area contributed by atoms with E-state index in [1.165, 1.54) is 0 Å². The third-order valence-corrected chi connectivity index (χ3v) is 1.51. The zero-order valence-corrected chi connectivity index (χ0v) is 7.91. The lowest BCUT2D eigenvalue weighted by atomic mass is 10.3. The Morgan fingerprint density at radius 1 is 1.00 bits per heavy atom. The van der Waals surface area contributed by atoms with Gasteiger partial charge < -0.3 is 4.74 Å². The van der Waals surface area contributed by atoms with Crippen LogP contribution in [0.25, 0.3) is 0 Å². The van der Waals surface area contributed by atoms with Crippen LogP contribution in [0.4, 0.5) is 22.0 Å². The van der Waals surface area contributed by atoms with Gasteiger partial charge in [-0.1, -0.05) is 0 Å². The lowest BCUT2D eigenvalue weighted by molar-refractivity contribution is -0.290. The summed E-state index contributed by atoms with van der Waals surface area (Å²) in [6.07, 6.45) is -4.10. The fraction of sp³-hybridized carbons (Fsp3) is 1.00. The van der Waals surface area contributed by atoms with Crippen LogP contribution >= 0.6 is 0 Å². The third-order valence-electron chi connectivity index (χ3n) is 1.51. The van der Waals surface area contributed by atoms with Gasteiger partial charge in [0, 0.05) is 6.92 Å². The van der Waals surface area contributed by atoms with Crippen molar-refractivity contribution in [3.63, 3.8) is 0 Å². The van der Waals surface area contributed by atoms with Gasteiger partial charge in [0.1, 0.15) is 6.67 Å². The van der Waals surface area contributed by atoms with Gasteiger partial charge in [-0.2, -0.15) is 8.78 Å². The molecule has 0 aromatic carbocycles.